The summed E-state index contributed by atoms with van der Waals surface area (Å²) in [4.78, 5) is 11.1. The Hall–Kier alpha value is -0.370. The van der Waals surface area contributed by atoms with Crippen molar-refractivity contribution in [3.63, 3.8) is 0 Å². The van der Waals surface area contributed by atoms with Crippen LogP contribution >= 0.6 is 15.9 Å². The van der Waals surface area contributed by atoms with E-state index < -0.39 is 0 Å². The molecule has 0 aliphatic heterocycles. The Morgan fingerprint density at radius 3 is 2.10 bits per heavy atom. The van der Waals surface area contributed by atoms with Crippen LogP contribution in [0.3, 0.4) is 0 Å². The van der Waals surface area contributed by atoms with Crippen LogP contribution < -0.4 is 0 Å². The molecule has 1 aliphatic carbocycles. The maximum absolute atomic E-state index is 10.9. The Kier molecular flexibility index (Phi) is 2.09. The first-order chi connectivity index (χ1) is 4.61. The molecule has 10 heavy (non-hydrogen) atoms. The van der Waals surface area contributed by atoms with E-state index in [4.69, 9.17) is 0 Å². The first-order valence-electron chi connectivity index (χ1n) is 3.15. The molecule has 0 heterocycles. The van der Waals surface area contributed by atoms with Crippen LogP contribution in [0.5, 0.6) is 0 Å². The van der Waals surface area contributed by atoms with Crippen LogP contribution in [0.2, 0.25) is 0 Å². The number of hydrogen-bond acceptors (Lipinski definition) is 1. The third kappa shape index (κ3) is 1.37. The van der Waals surface area contributed by atoms with E-state index in [2.05, 4.69) is 15.9 Å². The third-order valence-electron chi connectivity index (χ3n) is 1.54. The van der Waals surface area contributed by atoms with Gasteiger partial charge in [-0.15, -0.1) is 0 Å². The zero-order valence-electron chi connectivity index (χ0n) is 6.02. The molecule has 0 N–H and O–H groups in total. The molecule has 0 aromatic carbocycles. The summed E-state index contributed by atoms with van der Waals surface area (Å²) < 4.78 is 0. The highest BCUT2D eigenvalue weighted by Gasteiger charge is 2.14. The standard InChI is InChI=1S/C8H9BrO/c1-5-3-7(10)4-6(2)8(5)9/h3-4,8H,1-2H3. The summed E-state index contributed by atoms with van der Waals surface area (Å²) in [6, 6.07) is 0. The Labute approximate surface area is 68.9 Å². The number of hydrogen-bond donors (Lipinski definition) is 0. The summed E-state index contributed by atoms with van der Waals surface area (Å²) in [6.07, 6.45) is 3.32. The summed E-state index contributed by atoms with van der Waals surface area (Å²) in [6.45, 7) is 3.90. The Morgan fingerprint density at radius 1 is 1.30 bits per heavy atom. The molecule has 0 atom stereocenters. The van der Waals surface area contributed by atoms with E-state index in [-0.39, 0.29) is 10.6 Å². The van der Waals surface area contributed by atoms with Crippen LogP contribution in [0.4, 0.5) is 0 Å². The maximum Gasteiger partial charge on any atom is 0.178 e. The van der Waals surface area contributed by atoms with Crippen molar-refractivity contribution in [3.05, 3.63) is 23.3 Å². The van der Waals surface area contributed by atoms with Gasteiger partial charge < -0.3 is 0 Å². The quantitative estimate of drug-likeness (QED) is 0.549. The molecule has 0 amide bonds. The van der Waals surface area contributed by atoms with E-state index in [1.54, 1.807) is 12.2 Å². The molecule has 0 fully saturated rings. The highest BCUT2D eigenvalue weighted by atomic mass is 79.9. The van der Waals surface area contributed by atoms with Gasteiger partial charge >= 0.3 is 0 Å². The van der Waals surface area contributed by atoms with Crippen molar-refractivity contribution in [2.75, 3.05) is 0 Å². The van der Waals surface area contributed by atoms with Gasteiger partial charge in [0, 0.05) is 0 Å². The number of rotatable bonds is 0. The summed E-state index contributed by atoms with van der Waals surface area (Å²) in [7, 11) is 0. The predicted molar refractivity (Wildman–Crippen MR) is 45.2 cm³/mol. The van der Waals surface area contributed by atoms with E-state index in [0.717, 1.165) is 11.1 Å². The monoisotopic (exact) mass is 200 g/mol. The summed E-state index contributed by atoms with van der Waals surface area (Å²) >= 11 is 3.46. The van der Waals surface area contributed by atoms with Gasteiger partial charge in [-0.2, -0.15) is 0 Å². The molecule has 0 unspecified atom stereocenters. The van der Waals surface area contributed by atoms with Gasteiger partial charge in [-0.1, -0.05) is 27.1 Å². The Morgan fingerprint density at radius 2 is 1.70 bits per heavy atom. The zero-order chi connectivity index (χ0) is 7.72. The van der Waals surface area contributed by atoms with Crippen LogP contribution in [0.25, 0.3) is 0 Å². The predicted octanol–water partition coefficient (Wildman–Crippen LogP) is 2.23. The highest BCUT2D eigenvalue weighted by Crippen LogP contribution is 2.23. The molecule has 0 radical (unpaired) electrons. The average molecular weight is 201 g/mol. The molecule has 54 valence electrons. The normalized spacial score (nSPS) is 20.5. The van der Waals surface area contributed by atoms with E-state index in [1.165, 1.54) is 0 Å². The molecule has 1 rings (SSSR count). The highest BCUT2D eigenvalue weighted by molar-refractivity contribution is 9.09. The number of carbonyl (C=O) groups is 1. The van der Waals surface area contributed by atoms with Crippen molar-refractivity contribution in [2.45, 2.75) is 18.7 Å². The van der Waals surface area contributed by atoms with Gasteiger partial charge in [0.25, 0.3) is 0 Å². The van der Waals surface area contributed by atoms with Crippen LogP contribution in [-0.4, -0.2) is 10.6 Å². The van der Waals surface area contributed by atoms with Crippen LogP contribution in [-0.2, 0) is 4.79 Å². The minimum atomic E-state index is 0.103. The van der Waals surface area contributed by atoms with Gasteiger partial charge in [0.15, 0.2) is 5.78 Å². The van der Waals surface area contributed by atoms with Crippen molar-refractivity contribution in [1.29, 1.82) is 0 Å². The lowest BCUT2D eigenvalue weighted by Gasteiger charge is -2.14. The number of carbonyl (C=O) groups excluding carboxylic acids is 1. The number of allylic oxidation sites excluding steroid dienone is 4. The third-order valence-corrected chi connectivity index (χ3v) is 2.98. The second-order valence-corrected chi connectivity index (χ2v) is 3.46. The van der Waals surface area contributed by atoms with Crippen LogP contribution in [0, 0.1) is 0 Å². The van der Waals surface area contributed by atoms with Gasteiger partial charge in [-0.05, 0) is 26.0 Å². The second kappa shape index (κ2) is 2.70. The maximum atomic E-state index is 10.9. The number of halogens is 1. The van der Waals surface area contributed by atoms with Gasteiger partial charge in [0.2, 0.25) is 0 Å². The van der Waals surface area contributed by atoms with Gasteiger partial charge in [-0.3, -0.25) is 4.79 Å². The lowest BCUT2D eigenvalue weighted by Crippen LogP contribution is -2.09. The SMILES string of the molecule is CC1=CC(=O)C=C(C)C1Br. The molecule has 0 saturated heterocycles. The number of ketones is 1. The molecule has 0 saturated carbocycles. The minimum absolute atomic E-state index is 0.103. The molecule has 0 spiro atoms. The Balaban J connectivity index is 2.93. The molecule has 2 heteroatoms. The molecule has 1 aliphatic rings. The minimum Gasteiger partial charge on any atom is -0.290 e. The van der Waals surface area contributed by atoms with Gasteiger partial charge in [0.1, 0.15) is 0 Å². The fraction of sp³-hybridized carbons (Fsp3) is 0.375. The van der Waals surface area contributed by atoms with Crippen molar-refractivity contribution in [3.8, 4) is 0 Å². The molecule has 1 nitrogen and oxygen atoms in total. The van der Waals surface area contributed by atoms with Crippen molar-refractivity contribution in [2.24, 2.45) is 0 Å². The first-order valence-corrected chi connectivity index (χ1v) is 4.07. The van der Waals surface area contributed by atoms with Crippen LogP contribution in [0.1, 0.15) is 13.8 Å². The zero-order valence-corrected chi connectivity index (χ0v) is 7.60. The van der Waals surface area contributed by atoms with E-state index in [0.29, 0.717) is 0 Å². The van der Waals surface area contributed by atoms with Crippen molar-refractivity contribution in [1.82, 2.24) is 0 Å². The summed E-state index contributed by atoms with van der Waals surface area (Å²) in [5.74, 6) is 0.103. The first kappa shape index (κ1) is 7.73. The van der Waals surface area contributed by atoms with Crippen LogP contribution in [0.15, 0.2) is 23.3 Å². The lowest BCUT2D eigenvalue weighted by atomic mass is 10.0. The van der Waals surface area contributed by atoms with E-state index in [9.17, 15) is 4.79 Å². The molecular weight excluding hydrogens is 192 g/mol. The van der Waals surface area contributed by atoms with Crippen molar-refractivity contribution < 1.29 is 4.79 Å². The molecule has 0 aromatic rings. The largest absolute Gasteiger partial charge is 0.290 e. The fourth-order valence-electron chi connectivity index (χ4n) is 0.996. The Bertz CT molecular complexity index is 203. The van der Waals surface area contributed by atoms with E-state index >= 15 is 0 Å². The number of alkyl halides is 1. The summed E-state index contributed by atoms with van der Waals surface area (Å²) in [5, 5.41) is 0. The lowest BCUT2D eigenvalue weighted by molar-refractivity contribution is -0.110. The summed E-state index contributed by atoms with van der Waals surface area (Å²) in [5.41, 5.74) is 2.18. The molecule has 0 aromatic heterocycles. The topological polar surface area (TPSA) is 17.1 Å². The van der Waals surface area contributed by atoms with Gasteiger partial charge in [-0.25, -0.2) is 0 Å². The fourth-order valence-corrected chi connectivity index (χ4v) is 1.26. The average Bonchev–Trinajstić information content (AvgIpc) is 1.82. The molecular formula is C8H9BrO. The van der Waals surface area contributed by atoms with Crippen molar-refractivity contribution >= 4 is 21.7 Å². The second-order valence-electron chi connectivity index (χ2n) is 2.54. The van der Waals surface area contributed by atoms with E-state index in [1.807, 2.05) is 13.8 Å². The van der Waals surface area contributed by atoms with Gasteiger partial charge in [0.05, 0.1) is 4.83 Å². The smallest absolute Gasteiger partial charge is 0.178 e. The molecule has 0 bridgehead atoms.